The summed E-state index contributed by atoms with van der Waals surface area (Å²) < 4.78 is 22.1. The molecule has 3 aromatic rings. The van der Waals surface area contributed by atoms with Crippen molar-refractivity contribution < 1.29 is 13.9 Å². The molecule has 1 saturated heterocycles. The van der Waals surface area contributed by atoms with Crippen molar-refractivity contribution in [2.75, 3.05) is 33.7 Å². The molecule has 1 amide bonds. The average Bonchev–Trinajstić information content (AvgIpc) is 3.15. The van der Waals surface area contributed by atoms with Crippen molar-refractivity contribution in [2.45, 2.75) is 58.1 Å². The van der Waals surface area contributed by atoms with E-state index in [0.717, 1.165) is 48.8 Å². The first-order valence-corrected chi connectivity index (χ1v) is 12.5. The lowest BCUT2D eigenvalue weighted by molar-refractivity contribution is 0.0203. The first-order valence-electron chi connectivity index (χ1n) is 12.5. The third-order valence-electron chi connectivity index (χ3n) is 6.47. The van der Waals surface area contributed by atoms with Crippen LogP contribution in [0.15, 0.2) is 42.5 Å². The van der Waals surface area contributed by atoms with E-state index < -0.39 is 5.60 Å². The van der Waals surface area contributed by atoms with Gasteiger partial charge in [0, 0.05) is 42.2 Å². The van der Waals surface area contributed by atoms with E-state index in [1.54, 1.807) is 12.1 Å². The molecule has 1 fully saturated rings. The van der Waals surface area contributed by atoms with E-state index in [4.69, 9.17) is 9.84 Å². The molecular formula is C28H37FN4O2. The minimum Gasteiger partial charge on any atom is -0.444 e. The zero-order chi connectivity index (χ0) is 25.2. The molecule has 0 unspecified atom stereocenters. The number of piperidine rings is 1. The summed E-state index contributed by atoms with van der Waals surface area (Å²) >= 11 is 0. The molecule has 2 aromatic carbocycles. The van der Waals surface area contributed by atoms with E-state index in [2.05, 4.69) is 29.7 Å². The van der Waals surface area contributed by atoms with Crippen LogP contribution in [0.4, 0.5) is 9.18 Å². The monoisotopic (exact) mass is 480 g/mol. The smallest absolute Gasteiger partial charge is 0.410 e. The van der Waals surface area contributed by atoms with Gasteiger partial charge in [-0.2, -0.15) is 5.10 Å². The number of halogens is 1. The van der Waals surface area contributed by atoms with Gasteiger partial charge in [0.05, 0.1) is 5.52 Å². The molecule has 0 spiro atoms. The number of carbonyl (C=O) groups is 1. The molecule has 188 valence electrons. The Morgan fingerprint density at radius 3 is 2.51 bits per heavy atom. The molecule has 1 aliphatic heterocycles. The summed E-state index contributed by atoms with van der Waals surface area (Å²) in [7, 11) is 4.15. The highest BCUT2D eigenvalue weighted by Gasteiger charge is 2.30. The van der Waals surface area contributed by atoms with E-state index in [1.165, 1.54) is 11.8 Å². The zero-order valence-corrected chi connectivity index (χ0v) is 21.6. The van der Waals surface area contributed by atoms with Gasteiger partial charge in [-0.3, -0.25) is 4.68 Å². The summed E-state index contributed by atoms with van der Waals surface area (Å²) in [6.45, 7) is 8.81. The van der Waals surface area contributed by atoms with Crippen molar-refractivity contribution in [3.8, 4) is 11.1 Å². The lowest BCUT2D eigenvalue weighted by atomic mass is 9.91. The van der Waals surface area contributed by atoms with Gasteiger partial charge in [-0.25, -0.2) is 9.18 Å². The van der Waals surface area contributed by atoms with Crippen LogP contribution >= 0.6 is 0 Å². The predicted octanol–water partition coefficient (Wildman–Crippen LogP) is 5.91. The second kappa shape index (κ2) is 10.4. The number of ether oxygens (including phenoxy) is 1. The molecule has 0 radical (unpaired) electrons. The summed E-state index contributed by atoms with van der Waals surface area (Å²) in [5.74, 6) is 0.0735. The summed E-state index contributed by atoms with van der Waals surface area (Å²) in [6.07, 6.45) is 2.48. The van der Waals surface area contributed by atoms with E-state index in [-0.39, 0.29) is 11.9 Å². The van der Waals surface area contributed by atoms with Crippen molar-refractivity contribution in [1.82, 2.24) is 19.6 Å². The Hall–Kier alpha value is -2.93. The van der Waals surface area contributed by atoms with Gasteiger partial charge in [0.2, 0.25) is 0 Å². The fraction of sp³-hybridized carbons (Fsp3) is 0.500. The van der Waals surface area contributed by atoms with Gasteiger partial charge in [0.15, 0.2) is 0 Å². The fourth-order valence-electron chi connectivity index (χ4n) is 4.82. The molecule has 35 heavy (non-hydrogen) atoms. The Labute approximate surface area is 207 Å². The molecule has 4 rings (SSSR count). The molecule has 2 heterocycles. The van der Waals surface area contributed by atoms with Crippen LogP contribution in [0.3, 0.4) is 0 Å². The summed E-state index contributed by atoms with van der Waals surface area (Å²) in [5, 5.41) is 6.09. The molecule has 0 bridgehead atoms. The molecular weight excluding hydrogens is 443 g/mol. The molecule has 0 aliphatic carbocycles. The molecule has 6 nitrogen and oxygen atoms in total. The lowest BCUT2D eigenvalue weighted by Gasteiger charge is -2.33. The summed E-state index contributed by atoms with van der Waals surface area (Å²) in [6, 6.07) is 12.9. The van der Waals surface area contributed by atoms with Crippen LogP contribution in [-0.4, -0.2) is 65.0 Å². The number of aromatic nitrogens is 2. The van der Waals surface area contributed by atoms with Crippen LogP contribution in [0.25, 0.3) is 22.0 Å². The maximum Gasteiger partial charge on any atom is 0.410 e. The number of rotatable bonds is 6. The minimum absolute atomic E-state index is 0.230. The Morgan fingerprint density at radius 1 is 1.14 bits per heavy atom. The van der Waals surface area contributed by atoms with E-state index >= 15 is 0 Å². The topological polar surface area (TPSA) is 50.6 Å². The fourth-order valence-corrected chi connectivity index (χ4v) is 4.82. The van der Waals surface area contributed by atoms with Gasteiger partial charge in [-0.15, -0.1) is 0 Å². The Kier molecular flexibility index (Phi) is 7.45. The quantitative estimate of drug-likeness (QED) is 0.440. The van der Waals surface area contributed by atoms with Gasteiger partial charge in [0.1, 0.15) is 11.4 Å². The first kappa shape index (κ1) is 25.2. The highest BCUT2D eigenvalue weighted by molar-refractivity contribution is 5.87. The molecule has 1 aliphatic rings. The maximum absolute atomic E-state index is 14.4. The first-order chi connectivity index (χ1) is 16.6. The van der Waals surface area contributed by atoms with Gasteiger partial charge in [-0.1, -0.05) is 30.3 Å². The number of hydrogen-bond donors (Lipinski definition) is 0. The van der Waals surface area contributed by atoms with Crippen LogP contribution in [0.5, 0.6) is 0 Å². The van der Waals surface area contributed by atoms with Gasteiger partial charge in [0.25, 0.3) is 0 Å². The highest BCUT2D eigenvalue weighted by Crippen LogP contribution is 2.36. The Morgan fingerprint density at radius 2 is 1.86 bits per heavy atom. The van der Waals surface area contributed by atoms with E-state index in [1.807, 2.05) is 43.9 Å². The molecule has 0 saturated carbocycles. The van der Waals surface area contributed by atoms with E-state index in [0.29, 0.717) is 24.6 Å². The van der Waals surface area contributed by atoms with Crippen molar-refractivity contribution in [3.05, 3.63) is 54.0 Å². The number of aryl methyl sites for hydroxylation is 1. The van der Waals surface area contributed by atoms with E-state index in [9.17, 15) is 9.18 Å². The van der Waals surface area contributed by atoms with Crippen LogP contribution in [0.2, 0.25) is 0 Å². The second-order valence-corrected chi connectivity index (χ2v) is 10.7. The Bertz CT molecular complexity index is 1170. The lowest BCUT2D eigenvalue weighted by Crippen LogP contribution is -2.41. The van der Waals surface area contributed by atoms with Gasteiger partial charge < -0.3 is 14.5 Å². The van der Waals surface area contributed by atoms with Crippen LogP contribution in [0.1, 0.15) is 51.6 Å². The van der Waals surface area contributed by atoms with Crippen molar-refractivity contribution >= 4 is 17.0 Å². The predicted molar refractivity (Wildman–Crippen MR) is 138 cm³/mol. The van der Waals surface area contributed by atoms with Gasteiger partial charge >= 0.3 is 6.09 Å². The number of carbonyl (C=O) groups excluding carboxylic acids is 1. The normalized spacial score (nSPS) is 15.2. The molecule has 0 atom stereocenters. The number of hydrogen-bond acceptors (Lipinski definition) is 4. The van der Waals surface area contributed by atoms with Crippen molar-refractivity contribution in [2.24, 2.45) is 0 Å². The number of likely N-dealkylation sites (tertiary alicyclic amines) is 1. The summed E-state index contributed by atoms with van der Waals surface area (Å²) in [5.41, 5.74) is 3.04. The standard InChI is InChI=1S/C28H37FN4O2/c1-28(2,3)35-27(34)32-17-13-20(14-18-32)26-23-12-11-21(22-9-6-7-10-24(22)29)19-25(23)30-33(26)16-8-15-31(4)5/h6-7,9-12,19-20H,8,13-18H2,1-5H3. The largest absolute Gasteiger partial charge is 0.444 e. The average molecular weight is 481 g/mol. The number of nitrogens with zero attached hydrogens (tertiary/aromatic N) is 4. The van der Waals surface area contributed by atoms with Crippen LogP contribution in [-0.2, 0) is 11.3 Å². The maximum atomic E-state index is 14.4. The zero-order valence-electron chi connectivity index (χ0n) is 21.6. The SMILES string of the molecule is CN(C)CCCn1nc2cc(-c3ccccc3F)ccc2c1C1CCN(C(=O)OC(C)(C)C)CC1. The van der Waals surface area contributed by atoms with Crippen molar-refractivity contribution in [3.63, 3.8) is 0 Å². The highest BCUT2D eigenvalue weighted by atomic mass is 19.1. The number of fused-ring (bicyclic) bond motifs is 1. The third kappa shape index (κ3) is 6.01. The Balaban J connectivity index is 1.61. The van der Waals surface area contributed by atoms with Crippen LogP contribution < -0.4 is 0 Å². The third-order valence-corrected chi connectivity index (χ3v) is 6.47. The van der Waals surface area contributed by atoms with Crippen molar-refractivity contribution in [1.29, 1.82) is 0 Å². The number of benzene rings is 2. The second-order valence-electron chi connectivity index (χ2n) is 10.7. The van der Waals surface area contributed by atoms with Crippen LogP contribution in [0, 0.1) is 5.82 Å². The molecule has 1 aromatic heterocycles. The van der Waals surface area contributed by atoms with Gasteiger partial charge in [-0.05, 0) is 78.4 Å². The minimum atomic E-state index is -0.495. The summed E-state index contributed by atoms with van der Waals surface area (Å²) in [4.78, 5) is 16.5. The molecule has 7 heteroatoms. The number of amides is 1. The molecule has 0 N–H and O–H groups in total.